The topological polar surface area (TPSA) is 58.9 Å². The molecule has 3 aliphatic carbocycles. The maximum Gasteiger partial charge on any atom is 0.134 e. The molecular weight excluding hydrogens is 460 g/mol. The van der Waals surface area contributed by atoms with Crippen molar-refractivity contribution in [3.63, 3.8) is 0 Å². The first-order valence-electron chi connectivity index (χ1n) is 15.6. The van der Waals surface area contributed by atoms with E-state index < -0.39 is 6.10 Å². The Balaban J connectivity index is 1.35. The summed E-state index contributed by atoms with van der Waals surface area (Å²) in [6.07, 6.45) is 21.0. The fourth-order valence-corrected chi connectivity index (χ4v) is 7.56. The molecule has 0 aromatic heterocycles. The zero-order valence-electron chi connectivity index (χ0n) is 23.1. The van der Waals surface area contributed by atoms with Crippen molar-refractivity contribution < 1.29 is 19.7 Å². The molecule has 2 atom stereocenters. The maximum absolute atomic E-state index is 11.7. The minimum Gasteiger partial charge on any atom is -0.493 e. The van der Waals surface area contributed by atoms with Crippen LogP contribution in [0.5, 0.6) is 11.5 Å². The van der Waals surface area contributed by atoms with Crippen LogP contribution < -0.4 is 9.47 Å². The van der Waals surface area contributed by atoms with Crippen molar-refractivity contribution in [1.29, 1.82) is 0 Å². The molecule has 1 aromatic carbocycles. The van der Waals surface area contributed by atoms with Crippen LogP contribution in [0.15, 0.2) is 24.0 Å². The molecule has 0 bridgehead atoms. The summed E-state index contributed by atoms with van der Waals surface area (Å²) in [6.45, 7) is 3.24. The summed E-state index contributed by atoms with van der Waals surface area (Å²) >= 11 is 0. The smallest absolute Gasteiger partial charge is 0.134 e. The zero-order chi connectivity index (χ0) is 25.6. The number of aliphatic hydroxyl groups is 2. The second kappa shape index (κ2) is 13.0. The molecule has 3 saturated carbocycles. The van der Waals surface area contributed by atoms with Crippen molar-refractivity contribution in [3.05, 3.63) is 35.1 Å². The predicted molar refractivity (Wildman–Crippen MR) is 149 cm³/mol. The van der Waals surface area contributed by atoms with Crippen LogP contribution in [0.1, 0.15) is 120 Å². The number of allylic oxidation sites excluding steroid dienone is 1. The average molecular weight is 511 g/mol. The van der Waals surface area contributed by atoms with Crippen LogP contribution in [0.25, 0.3) is 0 Å². The van der Waals surface area contributed by atoms with Gasteiger partial charge in [0.25, 0.3) is 0 Å². The van der Waals surface area contributed by atoms with Crippen LogP contribution in [-0.4, -0.2) is 29.5 Å². The minimum absolute atomic E-state index is 0.0296. The summed E-state index contributed by atoms with van der Waals surface area (Å²) in [5, 5.41) is 21.3. The van der Waals surface area contributed by atoms with Crippen LogP contribution in [0.2, 0.25) is 0 Å². The maximum atomic E-state index is 11.7. The SMILES string of the molecule is CCc1cc2c(cc1OCCCC1CCCC1)OC(C1CCCCC1)=CC2C(O)C1CCC(CO)CC1. The molecule has 2 unspecified atom stereocenters. The molecule has 1 aromatic rings. The third-order valence-electron chi connectivity index (χ3n) is 10.0. The number of fused-ring (bicyclic) bond motifs is 1. The number of benzene rings is 1. The van der Waals surface area contributed by atoms with Gasteiger partial charge in [-0.1, -0.05) is 51.9 Å². The van der Waals surface area contributed by atoms with Gasteiger partial charge in [0.1, 0.15) is 17.3 Å². The van der Waals surface area contributed by atoms with E-state index in [1.807, 2.05) is 0 Å². The van der Waals surface area contributed by atoms with Gasteiger partial charge in [-0.3, -0.25) is 0 Å². The Kier molecular flexibility index (Phi) is 9.52. The molecule has 0 radical (unpaired) electrons. The normalized spacial score (nSPS) is 27.9. The summed E-state index contributed by atoms with van der Waals surface area (Å²) in [4.78, 5) is 0. The predicted octanol–water partition coefficient (Wildman–Crippen LogP) is 7.70. The highest BCUT2D eigenvalue weighted by Crippen LogP contribution is 2.46. The molecular formula is C33H50O4. The Morgan fingerprint density at radius 2 is 1.65 bits per heavy atom. The van der Waals surface area contributed by atoms with Gasteiger partial charge in [0.2, 0.25) is 0 Å². The fraction of sp³-hybridized carbons (Fsp3) is 0.758. The van der Waals surface area contributed by atoms with Crippen LogP contribution in [0, 0.1) is 23.7 Å². The zero-order valence-corrected chi connectivity index (χ0v) is 23.1. The highest BCUT2D eigenvalue weighted by Gasteiger charge is 2.37. The van der Waals surface area contributed by atoms with E-state index >= 15 is 0 Å². The molecule has 3 fully saturated rings. The van der Waals surface area contributed by atoms with Crippen molar-refractivity contribution in [1.82, 2.24) is 0 Å². The quantitative estimate of drug-likeness (QED) is 0.317. The highest BCUT2D eigenvalue weighted by molar-refractivity contribution is 5.52. The van der Waals surface area contributed by atoms with Crippen LogP contribution in [-0.2, 0) is 6.42 Å². The minimum atomic E-state index is -0.413. The standard InChI is InChI=1S/C33H50O4/c1-2-25-19-28-29(33(35)27-16-14-24(22-34)15-17-27)20-31(26-12-4-3-5-13-26)37-32(28)21-30(25)36-18-8-11-23-9-6-7-10-23/h19-21,23-24,26-27,29,33-35H,2-18,22H2,1H3. The first-order valence-corrected chi connectivity index (χ1v) is 15.6. The monoisotopic (exact) mass is 510 g/mol. The van der Waals surface area contributed by atoms with Crippen molar-refractivity contribution >= 4 is 0 Å². The fourth-order valence-electron chi connectivity index (χ4n) is 7.56. The molecule has 0 amide bonds. The number of aliphatic hydroxyl groups excluding tert-OH is 2. The van der Waals surface area contributed by atoms with E-state index in [1.54, 1.807) is 0 Å². The van der Waals surface area contributed by atoms with Gasteiger partial charge in [-0.15, -0.1) is 0 Å². The third-order valence-corrected chi connectivity index (χ3v) is 10.0. The van der Waals surface area contributed by atoms with Crippen molar-refractivity contribution in [2.45, 2.75) is 122 Å². The lowest BCUT2D eigenvalue weighted by Crippen LogP contribution is -2.33. The van der Waals surface area contributed by atoms with E-state index in [9.17, 15) is 10.2 Å². The van der Waals surface area contributed by atoms with Crippen LogP contribution >= 0.6 is 0 Å². The second-order valence-corrected chi connectivity index (χ2v) is 12.5. The van der Waals surface area contributed by atoms with Gasteiger partial charge in [0.05, 0.1) is 12.7 Å². The Morgan fingerprint density at radius 3 is 2.35 bits per heavy atom. The molecule has 206 valence electrons. The summed E-state index contributed by atoms with van der Waals surface area (Å²) in [7, 11) is 0. The number of aryl methyl sites for hydroxylation is 1. The van der Waals surface area contributed by atoms with Gasteiger partial charge in [0, 0.05) is 30.1 Å². The first-order chi connectivity index (χ1) is 18.2. The van der Waals surface area contributed by atoms with E-state index in [4.69, 9.17) is 9.47 Å². The second-order valence-electron chi connectivity index (χ2n) is 12.5. The molecule has 1 heterocycles. The molecule has 4 aliphatic rings. The molecule has 4 nitrogen and oxygen atoms in total. The van der Waals surface area contributed by atoms with E-state index in [0.29, 0.717) is 11.8 Å². The number of ether oxygens (including phenoxy) is 2. The summed E-state index contributed by atoms with van der Waals surface area (Å²) in [5.74, 6) is 4.96. The van der Waals surface area contributed by atoms with Gasteiger partial charge in [-0.2, -0.15) is 0 Å². The number of rotatable bonds is 10. The van der Waals surface area contributed by atoms with Gasteiger partial charge in [0.15, 0.2) is 0 Å². The summed E-state index contributed by atoms with van der Waals surface area (Å²) in [5.41, 5.74) is 2.35. The van der Waals surface area contributed by atoms with Gasteiger partial charge >= 0.3 is 0 Å². The van der Waals surface area contributed by atoms with E-state index in [-0.39, 0.29) is 18.4 Å². The third kappa shape index (κ3) is 6.56. The molecule has 0 spiro atoms. The average Bonchev–Trinajstić information content (AvgIpc) is 3.48. The lowest BCUT2D eigenvalue weighted by molar-refractivity contribution is 0.0504. The van der Waals surface area contributed by atoms with E-state index in [2.05, 4.69) is 25.1 Å². The molecule has 0 saturated heterocycles. The molecule has 37 heavy (non-hydrogen) atoms. The lowest BCUT2D eigenvalue weighted by atomic mass is 9.73. The lowest BCUT2D eigenvalue weighted by Gasteiger charge is -2.37. The molecule has 1 aliphatic heterocycles. The number of hydrogen-bond donors (Lipinski definition) is 2. The molecule has 4 heteroatoms. The molecule has 2 N–H and O–H groups in total. The van der Waals surface area contributed by atoms with Crippen LogP contribution in [0.3, 0.4) is 0 Å². The van der Waals surface area contributed by atoms with Gasteiger partial charge < -0.3 is 19.7 Å². The highest BCUT2D eigenvalue weighted by atomic mass is 16.5. The Labute approximate surface area is 224 Å². The van der Waals surface area contributed by atoms with E-state index in [1.165, 1.54) is 69.8 Å². The van der Waals surface area contributed by atoms with Gasteiger partial charge in [-0.05, 0) is 93.2 Å². The summed E-state index contributed by atoms with van der Waals surface area (Å²) < 4.78 is 13.0. The molecule has 5 rings (SSSR count). The Bertz CT molecular complexity index is 888. The number of hydrogen-bond acceptors (Lipinski definition) is 4. The van der Waals surface area contributed by atoms with Crippen molar-refractivity contribution in [2.75, 3.05) is 13.2 Å². The Hall–Kier alpha value is -1.52. The summed E-state index contributed by atoms with van der Waals surface area (Å²) in [6, 6.07) is 4.41. The van der Waals surface area contributed by atoms with Crippen molar-refractivity contribution in [2.24, 2.45) is 23.7 Å². The largest absolute Gasteiger partial charge is 0.493 e. The van der Waals surface area contributed by atoms with Crippen LogP contribution in [0.4, 0.5) is 0 Å². The first kappa shape index (κ1) is 27.1. The Morgan fingerprint density at radius 1 is 0.919 bits per heavy atom. The van der Waals surface area contributed by atoms with Gasteiger partial charge in [-0.25, -0.2) is 0 Å². The van der Waals surface area contributed by atoms with E-state index in [0.717, 1.165) is 73.9 Å². The van der Waals surface area contributed by atoms with Crippen molar-refractivity contribution in [3.8, 4) is 11.5 Å².